The molecule has 0 saturated carbocycles. The first kappa shape index (κ1) is 15.0. The maximum atomic E-state index is 8.41. The summed E-state index contributed by atoms with van der Waals surface area (Å²) in [5.41, 5.74) is 0. The third kappa shape index (κ3) is 7.29. The summed E-state index contributed by atoms with van der Waals surface area (Å²) >= 11 is 0. The molecule has 0 atom stereocenters. The third-order valence-electron chi connectivity index (χ3n) is 1.76. The second-order valence-electron chi connectivity index (χ2n) is 3.01. The Morgan fingerprint density at radius 2 is 1.88 bits per heavy atom. The largest absolute Gasteiger partial charge is 2.00 e. The number of rotatable bonds is 4. The molecule has 0 unspecified atom stereocenters. The smallest absolute Gasteiger partial charge is 0.520 e. The van der Waals surface area contributed by atoms with Crippen molar-refractivity contribution >= 4 is 0 Å². The molecule has 0 bridgehead atoms. The Bertz CT molecular complexity index is 283. The molecule has 0 aliphatic carbocycles. The summed E-state index contributed by atoms with van der Waals surface area (Å²) in [6.07, 6.45) is 0.700. The van der Waals surface area contributed by atoms with Crippen LogP contribution in [-0.4, -0.2) is 18.3 Å². The summed E-state index contributed by atoms with van der Waals surface area (Å²) < 4.78 is 5.23. The van der Waals surface area contributed by atoms with Crippen molar-refractivity contribution in [1.82, 2.24) is 0 Å². The van der Waals surface area contributed by atoms with Crippen LogP contribution in [0.25, 0.3) is 0 Å². The molecule has 2 rings (SSSR count). The second-order valence-corrected chi connectivity index (χ2v) is 3.01. The van der Waals surface area contributed by atoms with Crippen LogP contribution in [0.4, 0.5) is 0 Å². The summed E-state index contributed by atoms with van der Waals surface area (Å²) in [4.78, 5) is 0. The van der Waals surface area contributed by atoms with E-state index < -0.39 is 0 Å². The Kier molecular flexibility index (Phi) is 9.83. The van der Waals surface area contributed by atoms with Gasteiger partial charge < -0.3 is 9.84 Å². The summed E-state index contributed by atoms with van der Waals surface area (Å²) in [6.45, 7) is 0.793. The van der Waals surface area contributed by atoms with E-state index in [1.807, 2.05) is 54.6 Å². The molecule has 0 radical (unpaired) electrons. The van der Waals surface area contributed by atoms with Crippen LogP contribution in [0.15, 0.2) is 54.6 Å². The molecule has 0 aromatic heterocycles. The van der Waals surface area contributed by atoms with E-state index in [9.17, 15) is 0 Å². The van der Waals surface area contributed by atoms with Gasteiger partial charge in [0.05, 0.1) is 6.61 Å². The Labute approximate surface area is 107 Å². The van der Waals surface area contributed by atoms with Gasteiger partial charge in [0.15, 0.2) is 0 Å². The van der Waals surface area contributed by atoms with E-state index in [4.69, 9.17) is 9.84 Å². The molecule has 0 heterocycles. The molecule has 0 spiro atoms. The molecule has 2 aromatic rings. The van der Waals surface area contributed by atoms with Gasteiger partial charge in [-0.25, -0.2) is 18.2 Å². The Hall–Kier alpha value is -1.02. The first-order valence-corrected chi connectivity index (χ1v) is 5.05. The normalized spacial score (nSPS) is 8.56. The maximum Gasteiger partial charge on any atom is 2.00 e. The van der Waals surface area contributed by atoms with Gasteiger partial charge in [0.2, 0.25) is 0 Å². The van der Waals surface area contributed by atoms with Gasteiger partial charge in [-0.2, -0.15) is 30.3 Å². The van der Waals surface area contributed by atoms with Crippen molar-refractivity contribution in [3.05, 3.63) is 54.6 Å². The van der Waals surface area contributed by atoms with E-state index in [0.717, 1.165) is 5.75 Å². The minimum atomic E-state index is 0. The van der Waals surface area contributed by atoms with Crippen LogP contribution in [-0.2, 0) is 17.1 Å². The Balaban J connectivity index is 0.000000318. The Morgan fingerprint density at radius 3 is 2.31 bits per heavy atom. The predicted molar refractivity (Wildman–Crippen MR) is 61.3 cm³/mol. The van der Waals surface area contributed by atoms with Crippen LogP contribution >= 0.6 is 0 Å². The molecule has 0 aliphatic heterocycles. The van der Waals surface area contributed by atoms with Crippen molar-refractivity contribution in [3.63, 3.8) is 0 Å². The first-order valence-electron chi connectivity index (χ1n) is 5.05. The molecule has 88 valence electrons. The van der Waals surface area contributed by atoms with Crippen LogP contribution in [0, 0.1) is 0 Å². The number of hydrogen-bond acceptors (Lipinski definition) is 2. The zero-order valence-corrected chi connectivity index (χ0v) is 10.1. The molecule has 3 heteroatoms. The van der Waals surface area contributed by atoms with Crippen LogP contribution in [0.2, 0.25) is 0 Å². The minimum Gasteiger partial charge on any atom is -0.520 e. The van der Waals surface area contributed by atoms with E-state index in [2.05, 4.69) is 0 Å². The van der Waals surface area contributed by atoms with Crippen LogP contribution in [0.5, 0.6) is 5.75 Å². The van der Waals surface area contributed by atoms with E-state index in [1.165, 1.54) is 0 Å². The zero-order chi connectivity index (χ0) is 10.8. The molecule has 0 fully saturated rings. The van der Waals surface area contributed by atoms with Crippen molar-refractivity contribution < 1.29 is 26.9 Å². The van der Waals surface area contributed by atoms with Gasteiger partial charge in [-0.05, 0) is 0 Å². The number of ether oxygens (including phenoxy) is 1. The summed E-state index contributed by atoms with van der Waals surface area (Å²) in [7, 11) is 0. The van der Waals surface area contributed by atoms with Gasteiger partial charge in [0.1, 0.15) is 0 Å². The molecule has 16 heavy (non-hydrogen) atoms. The third-order valence-corrected chi connectivity index (χ3v) is 1.76. The molecular weight excluding hydrogens is 244 g/mol. The van der Waals surface area contributed by atoms with Crippen molar-refractivity contribution in [2.45, 2.75) is 6.42 Å². The fourth-order valence-corrected chi connectivity index (χ4v) is 1.03. The van der Waals surface area contributed by atoms with E-state index in [0.29, 0.717) is 13.0 Å². The van der Waals surface area contributed by atoms with Crippen LogP contribution in [0.3, 0.4) is 0 Å². The Morgan fingerprint density at radius 1 is 1.12 bits per heavy atom. The van der Waals surface area contributed by atoms with Crippen LogP contribution in [0.1, 0.15) is 6.42 Å². The SMILES string of the molecule is OCCCOc1ccc[cH-]1.[Fe+2].c1cc[cH-]c1. The molecule has 0 saturated heterocycles. The molecular formula is C13H16FeO2. The van der Waals surface area contributed by atoms with Crippen molar-refractivity contribution in [2.24, 2.45) is 0 Å². The second kappa shape index (κ2) is 10.5. The summed E-state index contributed by atoms with van der Waals surface area (Å²) in [5, 5.41) is 8.41. The summed E-state index contributed by atoms with van der Waals surface area (Å²) in [5.74, 6) is 0.883. The molecule has 2 aromatic carbocycles. The first-order chi connectivity index (χ1) is 7.43. The maximum absolute atomic E-state index is 8.41. The average Bonchev–Trinajstić information content (AvgIpc) is 2.94. The van der Waals surface area contributed by atoms with Crippen molar-refractivity contribution in [3.8, 4) is 5.75 Å². The van der Waals surface area contributed by atoms with Gasteiger partial charge >= 0.3 is 17.1 Å². The van der Waals surface area contributed by atoms with Gasteiger partial charge in [0.25, 0.3) is 0 Å². The van der Waals surface area contributed by atoms with E-state index in [1.54, 1.807) is 0 Å². The van der Waals surface area contributed by atoms with Gasteiger partial charge in [-0.3, -0.25) is 0 Å². The molecule has 0 aliphatic rings. The van der Waals surface area contributed by atoms with Crippen LogP contribution < -0.4 is 4.74 Å². The average molecular weight is 260 g/mol. The van der Waals surface area contributed by atoms with E-state index >= 15 is 0 Å². The number of aliphatic hydroxyl groups excluding tert-OH is 1. The quantitative estimate of drug-likeness (QED) is 0.520. The number of aliphatic hydroxyl groups is 1. The van der Waals surface area contributed by atoms with Gasteiger partial charge in [-0.15, -0.1) is 6.07 Å². The fraction of sp³-hybridized carbons (Fsp3) is 0.231. The zero-order valence-electron chi connectivity index (χ0n) is 9.03. The topological polar surface area (TPSA) is 29.5 Å². The van der Waals surface area contributed by atoms with Gasteiger partial charge in [0, 0.05) is 18.8 Å². The minimum absolute atomic E-state index is 0. The number of hydrogen-bond donors (Lipinski definition) is 1. The van der Waals surface area contributed by atoms with Crippen molar-refractivity contribution in [2.75, 3.05) is 13.2 Å². The standard InChI is InChI=1S/C8H11O2.C5H5.Fe/c9-6-3-7-10-8-4-1-2-5-8;1-2-4-5-3-1;/h1-2,4-5,9H,3,6-7H2;1-5H;/q2*-1;+2. The fourth-order valence-electron chi connectivity index (χ4n) is 1.03. The molecule has 2 nitrogen and oxygen atoms in total. The molecule has 0 amide bonds. The van der Waals surface area contributed by atoms with Crippen molar-refractivity contribution in [1.29, 1.82) is 0 Å². The van der Waals surface area contributed by atoms with E-state index in [-0.39, 0.29) is 23.7 Å². The van der Waals surface area contributed by atoms with Gasteiger partial charge in [-0.1, -0.05) is 0 Å². The predicted octanol–water partition coefficient (Wildman–Crippen LogP) is 2.57. The summed E-state index contributed by atoms with van der Waals surface area (Å²) in [6, 6.07) is 17.7. The monoisotopic (exact) mass is 260 g/mol. The molecule has 1 N–H and O–H groups in total.